The Morgan fingerprint density at radius 1 is 0.938 bits per heavy atom. The van der Waals surface area contributed by atoms with E-state index in [9.17, 15) is 19.2 Å². The first-order chi connectivity index (χ1) is 15.1. The van der Waals surface area contributed by atoms with E-state index < -0.39 is 48.4 Å². The van der Waals surface area contributed by atoms with Crippen LogP contribution in [-0.2, 0) is 42.9 Å². The summed E-state index contributed by atoms with van der Waals surface area (Å²) in [6.07, 6.45) is -1.13. The Morgan fingerprint density at radius 2 is 1.59 bits per heavy atom. The molecule has 32 heavy (non-hydrogen) atoms. The largest absolute Gasteiger partial charge is 0.463 e. The van der Waals surface area contributed by atoms with Gasteiger partial charge in [-0.05, 0) is 25.8 Å². The molecule has 5 atom stereocenters. The van der Waals surface area contributed by atoms with Gasteiger partial charge in [0, 0.05) is 46.3 Å². The van der Waals surface area contributed by atoms with Crippen molar-refractivity contribution in [2.24, 2.45) is 11.7 Å². The number of unbranched alkanes of at least 4 members (excludes halogenated alkanes) is 1. The second-order valence-corrected chi connectivity index (χ2v) is 7.67. The highest BCUT2D eigenvalue weighted by Crippen LogP contribution is 2.31. The van der Waals surface area contributed by atoms with Crippen molar-refractivity contribution in [3.05, 3.63) is 0 Å². The van der Waals surface area contributed by atoms with Gasteiger partial charge in [0.1, 0.15) is 18.8 Å². The van der Waals surface area contributed by atoms with Crippen LogP contribution in [0, 0.1) is 5.92 Å². The Labute approximate surface area is 188 Å². The minimum atomic E-state index is -0.956. The van der Waals surface area contributed by atoms with E-state index >= 15 is 0 Å². The van der Waals surface area contributed by atoms with E-state index in [1.165, 1.54) is 20.8 Å². The molecule has 0 aromatic carbocycles. The standard InChI is InChI=1S/C21H36N2O9/c1-13-19(30-15(3)25)20(31-16(4)26)17(12-29-14(2)24)32-21(13)28-11-6-5-8-18(27)23-10-7-9-22/h13,17,19-21H,5-12,22H2,1-4H3,(H,23,27)/t13-,17-,19?,20+,21-/m1/s1. The van der Waals surface area contributed by atoms with E-state index in [1.54, 1.807) is 6.92 Å². The lowest BCUT2D eigenvalue weighted by Gasteiger charge is -2.43. The summed E-state index contributed by atoms with van der Waals surface area (Å²) in [7, 11) is 0. The van der Waals surface area contributed by atoms with Crippen LogP contribution in [-0.4, -0.2) is 74.7 Å². The number of ether oxygens (including phenoxy) is 5. The van der Waals surface area contributed by atoms with Gasteiger partial charge < -0.3 is 34.7 Å². The SMILES string of the molecule is CC(=O)OC[C@H]1O[C@@H](OCCCCC(=O)NCCCN)[C@H](C)C(OC(C)=O)[C@H]1OC(C)=O. The quantitative estimate of drug-likeness (QED) is 0.225. The number of hydrogen-bond acceptors (Lipinski definition) is 10. The number of nitrogens with one attached hydrogen (secondary N) is 1. The summed E-state index contributed by atoms with van der Waals surface area (Å²) in [5, 5.41) is 2.79. The normalized spacial score (nSPS) is 25.0. The van der Waals surface area contributed by atoms with Crippen molar-refractivity contribution >= 4 is 23.8 Å². The molecule has 11 nitrogen and oxygen atoms in total. The third-order valence-electron chi connectivity index (χ3n) is 4.78. The third-order valence-corrected chi connectivity index (χ3v) is 4.78. The lowest BCUT2D eigenvalue weighted by atomic mass is 9.92. The summed E-state index contributed by atoms with van der Waals surface area (Å²) in [5.74, 6) is -2.16. The maximum absolute atomic E-state index is 11.7. The number of carbonyl (C=O) groups is 4. The Balaban J connectivity index is 2.69. The van der Waals surface area contributed by atoms with Gasteiger partial charge in [-0.25, -0.2) is 0 Å². The van der Waals surface area contributed by atoms with Gasteiger partial charge in [0.15, 0.2) is 12.4 Å². The zero-order chi connectivity index (χ0) is 24.1. The lowest BCUT2D eigenvalue weighted by molar-refractivity contribution is -0.288. The number of rotatable bonds is 13. The molecule has 0 bridgehead atoms. The van der Waals surface area contributed by atoms with E-state index in [4.69, 9.17) is 29.4 Å². The van der Waals surface area contributed by atoms with Crippen LogP contribution in [0.1, 0.15) is 53.4 Å². The molecule has 1 saturated heterocycles. The van der Waals surface area contributed by atoms with E-state index in [1.807, 2.05) is 0 Å². The zero-order valence-corrected chi connectivity index (χ0v) is 19.3. The van der Waals surface area contributed by atoms with Gasteiger partial charge >= 0.3 is 17.9 Å². The van der Waals surface area contributed by atoms with Crippen LogP contribution in [0.4, 0.5) is 0 Å². The molecule has 0 aliphatic carbocycles. The molecule has 1 rings (SSSR count). The first kappa shape index (κ1) is 27.8. The lowest BCUT2D eigenvalue weighted by Crippen LogP contribution is -2.58. The van der Waals surface area contributed by atoms with E-state index in [-0.39, 0.29) is 12.5 Å². The molecule has 0 saturated carbocycles. The summed E-state index contributed by atoms with van der Waals surface area (Å²) in [6.45, 7) is 6.67. The maximum atomic E-state index is 11.7. The number of hydrogen-bond donors (Lipinski definition) is 2. The fourth-order valence-electron chi connectivity index (χ4n) is 3.27. The van der Waals surface area contributed by atoms with Gasteiger partial charge in [0.2, 0.25) is 5.91 Å². The molecule has 1 aliphatic heterocycles. The summed E-state index contributed by atoms with van der Waals surface area (Å²) in [6, 6.07) is 0. The summed E-state index contributed by atoms with van der Waals surface area (Å²) in [5.41, 5.74) is 5.39. The van der Waals surface area contributed by atoms with Gasteiger partial charge in [0.05, 0.1) is 0 Å². The van der Waals surface area contributed by atoms with Crippen molar-refractivity contribution in [3.63, 3.8) is 0 Å². The van der Waals surface area contributed by atoms with E-state index in [2.05, 4.69) is 5.32 Å². The van der Waals surface area contributed by atoms with Crippen LogP contribution in [0.15, 0.2) is 0 Å². The number of esters is 3. The molecule has 0 spiro atoms. The molecule has 0 aromatic rings. The Bertz CT molecular complexity index is 628. The fourth-order valence-corrected chi connectivity index (χ4v) is 3.27. The summed E-state index contributed by atoms with van der Waals surface area (Å²) < 4.78 is 27.5. The van der Waals surface area contributed by atoms with Gasteiger partial charge in [0.25, 0.3) is 0 Å². The molecular formula is C21H36N2O9. The molecule has 1 amide bonds. The van der Waals surface area contributed by atoms with Gasteiger partial charge in [-0.1, -0.05) is 6.92 Å². The predicted molar refractivity (Wildman–Crippen MR) is 112 cm³/mol. The molecule has 3 N–H and O–H groups in total. The topological polar surface area (TPSA) is 152 Å². The van der Waals surface area contributed by atoms with Crippen molar-refractivity contribution in [3.8, 4) is 0 Å². The van der Waals surface area contributed by atoms with Crippen molar-refractivity contribution in [2.75, 3.05) is 26.3 Å². The summed E-state index contributed by atoms with van der Waals surface area (Å²) >= 11 is 0. The van der Waals surface area contributed by atoms with Crippen LogP contribution in [0.3, 0.4) is 0 Å². The molecule has 1 heterocycles. The Hall–Kier alpha value is -2.24. The number of amides is 1. The minimum absolute atomic E-state index is 0.0404. The molecule has 184 valence electrons. The first-order valence-corrected chi connectivity index (χ1v) is 10.9. The van der Waals surface area contributed by atoms with Crippen LogP contribution in [0.5, 0.6) is 0 Å². The van der Waals surface area contributed by atoms with Crippen molar-refractivity contribution in [1.82, 2.24) is 5.32 Å². The molecular weight excluding hydrogens is 424 g/mol. The van der Waals surface area contributed by atoms with Crippen molar-refractivity contribution < 1.29 is 42.9 Å². The van der Waals surface area contributed by atoms with Crippen molar-refractivity contribution in [1.29, 1.82) is 0 Å². The minimum Gasteiger partial charge on any atom is -0.463 e. The molecule has 1 fully saturated rings. The Kier molecular flexibility index (Phi) is 12.8. The van der Waals surface area contributed by atoms with Gasteiger partial charge in [-0.15, -0.1) is 0 Å². The van der Waals surface area contributed by atoms with Crippen molar-refractivity contribution in [2.45, 2.75) is 78.0 Å². The molecule has 1 unspecified atom stereocenters. The maximum Gasteiger partial charge on any atom is 0.303 e. The fraction of sp³-hybridized carbons (Fsp3) is 0.810. The second-order valence-electron chi connectivity index (χ2n) is 7.67. The Morgan fingerprint density at radius 3 is 2.19 bits per heavy atom. The molecule has 0 aromatic heterocycles. The molecule has 1 aliphatic rings. The van der Waals surface area contributed by atoms with E-state index in [0.29, 0.717) is 39.0 Å². The second kappa shape index (κ2) is 14.8. The highest BCUT2D eigenvalue weighted by atomic mass is 16.7. The molecule has 0 radical (unpaired) electrons. The number of nitrogens with two attached hydrogens (primary N) is 1. The van der Waals surface area contributed by atoms with Crippen LogP contribution in [0.2, 0.25) is 0 Å². The molecule has 11 heteroatoms. The van der Waals surface area contributed by atoms with Crippen LogP contribution >= 0.6 is 0 Å². The highest BCUT2D eigenvalue weighted by Gasteiger charge is 2.48. The number of carbonyl (C=O) groups excluding carboxylic acids is 4. The van der Waals surface area contributed by atoms with Gasteiger partial charge in [-0.3, -0.25) is 19.2 Å². The van der Waals surface area contributed by atoms with Gasteiger partial charge in [-0.2, -0.15) is 0 Å². The van der Waals surface area contributed by atoms with Crippen LogP contribution in [0.25, 0.3) is 0 Å². The van der Waals surface area contributed by atoms with E-state index in [0.717, 1.165) is 6.42 Å². The third kappa shape index (κ3) is 10.4. The smallest absolute Gasteiger partial charge is 0.303 e. The monoisotopic (exact) mass is 460 g/mol. The highest BCUT2D eigenvalue weighted by molar-refractivity contribution is 5.75. The predicted octanol–water partition coefficient (Wildman–Crippen LogP) is 0.426. The first-order valence-electron chi connectivity index (χ1n) is 10.9. The zero-order valence-electron chi connectivity index (χ0n) is 19.3. The van der Waals surface area contributed by atoms with Crippen LogP contribution < -0.4 is 11.1 Å². The average molecular weight is 461 g/mol. The average Bonchev–Trinajstić information content (AvgIpc) is 2.70. The summed E-state index contributed by atoms with van der Waals surface area (Å²) in [4.78, 5) is 46.2.